The van der Waals surface area contributed by atoms with Crippen LogP contribution in [0, 0.1) is 0 Å². The summed E-state index contributed by atoms with van der Waals surface area (Å²) in [7, 11) is -2.28. The highest BCUT2D eigenvalue weighted by atomic mass is 79.9. The molecule has 20 heavy (non-hydrogen) atoms. The van der Waals surface area contributed by atoms with Crippen molar-refractivity contribution in [3.05, 3.63) is 28.2 Å². The second-order valence-corrected chi connectivity index (χ2v) is 6.70. The number of sulfonamides is 1. The van der Waals surface area contributed by atoms with Crippen molar-refractivity contribution in [3.8, 4) is 0 Å². The molecule has 0 amide bonds. The van der Waals surface area contributed by atoms with Gasteiger partial charge in [0.2, 0.25) is 10.0 Å². The van der Waals surface area contributed by atoms with Crippen molar-refractivity contribution in [2.45, 2.75) is 11.8 Å². The van der Waals surface area contributed by atoms with Gasteiger partial charge < -0.3 is 9.84 Å². The lowest BCUT2D eigenvalue weighted by atomic mass is 10.2. The number of methoxy groups -OCH3 is 1. The largest absolute Gasteiger partial charge is 0.478 e. The van der Waals surface area contributed by atoms with Gasteiger partial charge in [0.05, 0.1) is 17.1 Å². The highest BCUT2D eigenvalue weighted by Gasteiger charge is 2.26. The van der Waals surface area contributed by atoms with E-state index >= 15 is 0 Å². The van der Waals surface area contributed by atoms with Crippen LogP contribution in [0.4, 0.5) is 0 Å². The minimum atomic E-state index is -3.77. The van der Waals surface area contributed by atoms with Crippen molar-refractivity contribution in [2.75, 3.05) is 26.8 Å². The molecule has 112 valence electrons. The van der Waals surface area contributed by atoms with Crippen LogP contribution in [-0.2, 0) is 14.8 Å². The van der Waals surface area contributed by atoms with E-state index < -0.39 is 16.0 Å². The Kier molecular flexibility index (Phi) is 6.12. The fourth-order valence-corrected chi connectivity index (χ4v) is 4.00. The number of carboxylic acids is 1. The van der Waals surface area contributed by atoms with E-state index in [1.54, 1.807) is 6.92 Å². The number of halogens is 1. The van der Waals surface area contributed by atoms with Gasteiger partial charge in [-0.25, -0.2) is 13.2 Å². The normalized spacial score (nSPS) is 11.8. The van der Waals surface area contributed by atoms with E-state index in [1.807, 2.05) is 0 Å². The standard InChI is InChI=1S/C12H16BrNO5S/c1-3-14(6-7-19-2)20(17,18)11-8-9(12(15)16)4-5-10(11)13/h4-5,8H,3,6-7H2,1-2H3,(H,15,16). The van der Waals surface area contributed by atoms with Gasteiger partial charge in [-0.15, -0.1) is 0 Å². The Morgan fingerprint density at radius 1 is 1.45 bits per heavy atom. The molecule has 0 saturated carbocycles. The first kappa shape index (κ1) is 17.1. The number of hydrogen-bond donors (Lipinski definition) is 1. The highest BCUT2D eigenvalue weighted by Crippen LogP contribution is 2.26. The second kappa shape index (κ2) is 7.16. The van der Waals surface area contributed by atoms with Crippen molar-refractivity contribution in [1.29, 1.82) is 0 Å². The molecule has 0 aliphatic rings. The second-order valence-electron chi connectivity index (χ2n) is 3.94. The third-order valence-electron chi connectivity index (χ3n) is 2.69. The first-order valence-corrected chi connectivity index (χ1v) is 8.09. The van der Waals surface area contributed by atoms with Crippen LogP contribution in [0.2, 0.25) is 0 Å². The summed E-state index contributed by atoms with van der Waals surface area (Å²) in [4.78, 5) is 10.9. The number of nitrogens with zero attached hydrogens (tertiary/aromatic N) is 1. The smallest absolute Gasteiger partial charge is 0.335 e. The average molecular weight is 366 g/mol. The van der Waals surface area contributed by atoms with E-state index in [0.29, 0.717) is 4.47 Å². The first-order chi connectivity index (χ1) is 9.34. The van der Waals surface area contributed by atoms with E-state index in [4.69, 9.17) is 9.84 Å². The number of aromatic carboxylic acids is 1. The SMILES string of the molecule is CCN(CCOC)S(=O)(=O)c1cc(C(=O)O)ccc1Br. The van der Waals surface area contributed by atoms with Crippen LogP contribution in [0.3, 0.4) is 0 Å². The van der Waals surface area contributed by atoms with Crippen LogP contribution in [-0.4, -0.2) is 50.6 Å². The Morgan fingerprint density at radius 2 is 2.10 bits per heavy atom. The van der Waals surface area contributed by atoms with Crippen molar-refractivity contribution in [3.63, 3.8) is 0 Å². The molecule has 0 spiro atoms. The molecular weight excluding hydrogens is 350 g/mol. The Bertz CT molecular complexity index is 588. The molecular formula is C12H16BrNO5S. The average Bonchev–Trinajstić information content (AvgIpc) is 2.39. The van der Waals surface area contributed by atoms with E-state index in [2.05, 4.69) is 15.9 Å². The van der Waals surface area contributed by atoms with Crippen LogP contribution in [0.5, 0.6) is 0 Å². The number of ether oxygens (including phenoxy) is 1. The maximum Gasteiger partial charge on any atom is 0.335 e. The molecule has 1 N–H and O–H groups in total. The molecule has 1 rings (SSSR count). The van der Waals surface area contributed by atoms with Gasteiger partial charge >= 0.3 is 5.97 Å². The van der Waals surface area contributed by atoms with Crippen molar-refractivity contribution < 1.29 is 23.1 Å². The van der Waals surface area contributed by atoms with E-state index in [9.17, 15) is 13.2 Å². The zero-order valence-electron chi connectivity index (χ0n) is 11.2. The minimum Gasteiger partial charge on any atom is -0.478 e. The highest BCUT2D eigenvalue weighted by molar-refractivity contribution is 9.10. The lowest BCUT2D eigenvalue weighted by Gasteiger charge is -2.21. The van der Waals surface area contributed by atoms with E-state index in [-0.39, 0.29) is 30.2 Å². The predicted molar refractivity (Wildman–Crippen MR) is 77.4 cm³/mol. The molecule has 0 atom stereocenters. The summed E-state index contributed by atoms with van der Waals surface area (Å²) in [6, 6.07) is 3.91. The van der Waals surface area contributed by atoms with E-state index in [1.165, 1.54) is 23.5 Å². The van der Waals surface area contributed by atoms with Crippen LogP contribution in [0.1, 0.15) is 17.3 Å². The third kappa shape index (κ3) is 3.78. The van der Waals surface area contributed by atoms with Crippen LogP contribution < -0.4 is 0 Å². The molecule has 0 aliphatic carbocycles. The zero-order valence-corrected chi connectivity index (χ0v) is 13.6. The lowest BCUT2D eigenvalue weighted by Crippen LogP contribution is -2.34. The van der Waals surface area contributed by atoms with Gasteiger partial charge in [0.15, 0.2) is 0 Å². The van der Waals surface area contributed by atoms with Crippen molar-refractivity contribution >= 4 is 31.9 Å². The number of rotatable bonds is 7. The van der Waals surface area contributed by atoms with E-state index in [0.717, 1.165) is 6.07 Å². The van der Waals surface area contributed by atoms with Gasteiger partial charge in [0.1, 0.15) is 0 Å². The number of carboxylic acid groups (broad SMARTS) is 1. The fourth-order valence-electron chi connectivity index (χ4n) is 1.61. The first-order valence-electron chi connectivity index (χ1n) is 5.86. The van der Waals surface area contributed by atoms with Crippen molar-refractivity contribution in [2.24, 2.45) is 0 Å². The number of hydrogen-bond acceptors (Lipinski definition) is 4. The fraction of sp³-hybridized carbons (Fsp3) is 0.417. The third-order valence-corrected chi connectivity index (χ3v) is 5.66. The zero-order chi connectivity index (χ0) is 15.3. The molecule has 0 bridgehead atoms. The summed E-state index contributed by atoms with van der Waals surface area (Å²) in [5, 5.41) is 8.96. The Morgan fingerprint density at radius 3 is 2.60 bits per heavy atom. The van der Waals surface area contributed by atoms with Gasteiger partial charge in [-0.3, -0.25) is 0 Å². The molecule has 1 aromatic rings. The monoisotopic (exact) mass is 365 g/mol. The Hall–Kier alpha value is -0.960. The van der Waals surface area contributed by atoms with Crippen LogP contribution in [0.25, 0.3) is 0 Å². The molecule has 1 aromatic carbocycles. The summed E-state index contributed by atoms with van der Waals surface area (Å²) in [5.74, 6) is -1.17. The molecule has 0 aliphatic heterocycles. The molecule has 6 nitrogen and oxygen atoms in total. The molecule has 0 saturated heterocycles. The molecule has 0 unspecified atom stereocenters. The van der Waals surface area contributed by atoms with Gasteiger partial charge in [-0.1, -0.05) is 6.92 Å². The Labute approximate surface area is 126 Å². The van der Waals surface area contributed by atoms with Gasteiger partial charge in [-0.05, 0) is 34.1 Å². The Balaban J connectivity index is 3.26. The van der Waals surface area contributed by atoms with Crippen LogP contribution in [0.15, 0.2) is 27.6 Å². The summed E-state index contributed by atoms with van der Waals surface area (Å²) in [6.07, 6.45) is 0. The van der Waals surface area contributed by atoms with Gasteiger partial charge in [-0.2, -0.15) is 4.31 Å². The summed E-state index contributed by atoms with van der Waals surface area (Å²) in [6.45, 7) is 2.46. The number of benzene rings is 1. The summed E-state index contributed by atoms with van der Waals surface area (Å²) < 4.78 is 31.5. The molecule has 0 heterocycles. The molecule has 8 heteroatoms. The van der Waals surface area contributed by atoms with Gasteiger partial charge in [0.25, 0.3) is 0 Å². The quantitative estimate of drug-likeness (QED) is 0.796. The number of likely N-dealkylation sites (N-methyl/N-ethyl adjacent to an activating group) is 1. The lowest BCUT2D eigenvalue weighted by molar-refractivity contribution is 0.0696. The predicted octanol–water partition coefficient (Wildman–Crippen LogP) is 1.80. The maximum absolute atomic E-state index is 12.5. The molecule has 0 radical (unpaired) electrons. The molecule has 0 fully saturated rings. The minimum absolute atomic E-state index is 0.0599. The maximum atomic E-state index is 12.5. The van der Waals surface area contributed by atoms with Gasteiger partial charge in [0, 0.05) is 24.7 Å². The number of carbonyl (C=O) groups is 1. The topological polar surface area (TPSA) is 83.9 Å². The summed E-state index contributed by atoms with van der Waals surface area (Å²) >= 11 is 3.15. The summed E-state index contributed by atoms with van der Waals surface area (Å²) in [5.41, 5.74) is -0.0745. The molecule has 0 aromatic heterocycles. The van der Waals surface area contributed by atoms with Crippen molar-refractivity contribution in [1.82, 2.24) is 4.31 Å². The van der Waals surface area contributed by atoms with Crippen LogP contribution >= 0.6 is 15.9 Å².